The zero-order valence-electron chi connectivity index (χ0n) is 58.4. The Balaban J connectivity index is 1.07. The molecule has 5 aliphatic heterocycles. The molecule has 2 N–H and O–H groups in total. The van der Waals surface area contributed by atoms with Crippen LogP contribution in [0.25, 0.3) is 0 Å². The first-order valence-corrected chi connectivity index (χ1v) is 38.6. The first-order valence-electron chi connectivity index (χ1n) is 33.8. The van der Waals surface area contributed by atoms with E-state index in [-0.39, 0.29) is 70.1 Å². The zero-order valence-corrected chi connectivity index (χ0v) is 60.4. The number of allylic oxidation sites excluding steroid dienone is 2. The van der Waals surface area contributed by atoms with E-state index in [4.69, 9.17) is 56.2 Å². The molecule has 0 radical (unpaired) electrons. The standard InChI is InChI=1S/C72H115NO15Si2/c1-46(37-47(2)39-59(78-17)63-60(79-18)41-49(4)72(83-63)64(65(74)75)84-70(14,15)88-72)38-52-43-53(85-89(19,20)67(6,7)8)45-80-71(52)44-61(82-69(12,13)87-71)50(5)62(81-66(76)56-33-27-28-36-73-56)48(3)40-51-34-35-57(58(42-51)77-16)86-90(68(9,10)11,54-29-23-21-24-30-54)55-31-25-22-26-32-55/h21-26,29-32,38,40,47,49-53,56-64,73H,27-28,33-37,39,41-45H2,1-20H3,(H,74,75)/b46-38+,48-40+/t47-,49+,50+,51-,52-,53+,56-,57+,58+,59-,60-,61-,62+,63+,64-,71+,72-/m0/s1. The normalized spacial score (nSPS) is 33.5. The highest BCUT2D eigenvalue weighted by Gasteiger charge is 2.65. The average molecular weight is 1290 g/mol. The molecule has 5 heterocycles. The van der Waals surface area contributed by atoms with Crippen LogP contribution >= 0.6 is 0 Å². The van der Waals surface area contributed by atoms with E-state index in [0.29, 0.717) is 38.7 Å². The third-order valence-corrected chi connectivity index (χ3v) is 30.6. The number of esters is 1. The van der Waals surface area contributed by atoms with Gasteiger partial charge in [-0.1, -0.05) is 147 Å². The summed E-state index contributed by atoms with van der Waals surface area (Å²) < 4.78 is 81.3. The van der Waals surface area contributed by atoms with E-state index in [1.54, 1.807) is 28.1 Å². The molecular formula is C72H115NO15Si2. The third-order valence-electron chi connectivity index (χ3n) is 21.0. The lowest BCUT2D eigenvalue weighted by molar-refractivity contribution is -0.427. The summed E-state index contributed by atoms with van der Waals surface area (Å²) in [6.45, 7) is 37.4. The topological polar surface area (TPSA) is 177 Å². The first kappa shape index (κ1) is 72.6. The quantitative estimate of drug-likeness (QED) is 0.0646. The summed E-state index contributed by atoms with van der Waals surface area (Å²) in [5, 5.41) is 16.2. The smallest absolute Gasteiger partial charge is 0.338 e. The van der Waals surface area contributed by atoms with E-state index in [9.17, 15) is 14.7 Å². The van der Waals surface area contributed by atoms with Crippen molar-refractivity contribution in [2.45, 2.75) is 282 Å². The minimum Gasteiger partial charge on any atom is -0.479 e. The molecule has 0 unspecified atom stereocenters. The summed E-state index contributed by atoms with van der Waals surface area (Å²) in [6.07, 6.45) is 8.31. The number of hydrogen-bond acceptors (Lipinski definition) is 15. The van der Waals surface area contributed by atoms with Crippen LogP contribution in [0.3, 0.4) is 0 Å². The van der Waals surface area contributed by atoms with Crippen molar-refractivity contribution in [3.8, 4) is 0 Å². The fourth-order valence-electron chi connectivity index (χ4n) is 15.5. The van der Waals surface area contributed by atoms with Gasteiger partial charge in [-0.25, -0.2) is 4.79 Å². The number of nitrogens with one attached hydrogen (secondary N) is 1. The highest BCUT2D eigenvalue weighted by molar-refractivity contribution is 6.99. The molecule has 5 saturated heterocycles. The van der Waals surface area contributed by atoms with Gasteiger partial charge in [0.1, 0.15) is 18.2 Å². The molecule has 6 fully saturated rings. The van der Waals surface area contributed by atoms with Crippen LogP contribution in [0.1, 0.15) is 174 Å². The molecule has 0 amide bonds. The average Bonchev–Trinajstić information content (AvgIpc) is 1.33. The van der Waals surface area contributed by atoms with E-state index in [1.165, 1.54) is 10.4 Å². The molecule has 1 aliphatic carbocycles. The lowest BCUT2D eigenvalue weighted by atomic mass is 9.78. The fourth-order valence-corrected chi connectivity index (χ4v) is 21.6. The molecule has 17 atom stereocenters. The van der Waals surface area contributed by atoms with Gasteiger partial charge in [0, 0.05) is 45.5 Å². The van der Waals surface area contributed by atoms with Crippen molar-refractivity contribution >= 4 is 38.9 Å². The summed E-state index contributed by atoms with van der Waals surface area (Å²) in [5.41, 5.74) is 2.14. The predicted octanol–water partition coefficient (Wildman–Crippen LogP) is 12.8. The van der Waals surface area contributed by atoms with Crippen molar-refractivity contribution in [2.24, 2.45) is 29.6 Å². The van der Waals surface area contributed by atoms with E-state index in [1.807, 2.05) is 27.9 Å². The van der Waals surface area contributed by atoms with Gasteiger partial charge >= 0.3 is 11.9 Å². The van der Waals surface area contributed by atoms with Gasteiger partial charge in [0.15, 0.2) is 25.7 Å². The maximum Gasteiger partial charge on any atom is 0.338 e. The number of aliphatic carboxylic acids is 1. The maximum absolute atomic E-state index is 14.5. The number of methoxy groups -OCH3 is 3. The summed E-state index contributed by atoms with van der Waals surface area (Å²) in [7, 11) is 0.0147. The van der Waals surface area contributed by atoms with Crippen LogP contribution < -0.4 is 15.7 Å². The van der Waals surface area contributed by atoms with Gasteiger partial charge in [0.05, 0.1) is 43.2 Å². The Morgan fingerprint density at radius 1 is 0.767 bits per heavy atom. The molecule has 0 aromatic heterocycles. The van der Waals surface area contributed by atoms with Gasteiger partial charge in [0.2, 0.25) is 11.9 Å². The minimum absolute atomic E-state index is 0.0232. The van der Waals surface area contributed by atoms with Gasteiger partial charge < -0.3 is 66.6 Å². The number of ether oxygens (including phenoxy) is 10. The molecule has 0 bridgehead atoms. The summed E-state index contributed by atoms with van der Waals surface area (Å²) >= 11 is 0. The van der Waals surface area contributed by atoms with Gasteiger partial charge in [-0.3, -0.25) is 4.79 Å². The zero-order chi connectivity index (χ0) is 66.0. The second-order valence-electron chi connectivity index (χ2n) is 31.0. The summed E-state index contributed by atoms with van der Waals surface area (Å²) in [5.74, 6) is -7.00. The molecule has 90 heavy (non-hydrogen) atoms. The molecule has 18 heteroatoms. The first-order chi connectivity index (χ1) is 42.1. The highest BCUT2D eigenvalue weighted by atomic mass is 28.4. The molecule has 506 valence electrons. The second-order valence-corrected chi connectivity index (χ2v) is 40.0. The number of benzene rings is 2. The van der Waals surface area contributed by atoms with Crippen molar-refractivity contribution in [1.29, 1.82) is 0 Å². The van der Waals surface area contributed by atoms with Crippen LogP contribution in [0.2, 0.25) is 23.2 Å². The van der Waals surface area contributed by atoms with Crippen molar-refractivity contribution in [2.75, 3.05) is 34.5 Å². The van der Waals surface area contributed by atoms with E-state index in [2.05, 4.69) is 160 Å². The van der Waals surface area contributed by atoms with E-state index in [0.717, 1.165) is 56.2 Å². The Morgan fingerprint density at radius 3 is 1.97 bits per heavy atom. The Bertz CT molecular complexity index is 2700. The van der Waals surface area contributed by atoms with Crippen LogP contribution in [0.5, 0.6) is 0 Å². The maximum atomic E-state index is 14.5. The van der Waals surface area contributed by atoms with E-state index >= 15 is 0 Å². The third kappa shape index (κ3) is 16.2. The van der Waals surface area contributed by atoms with Crippen LogP contribution in [0, 0.1) is 29.6 Å². The molecule has 2 aromatic rings. The Kier molecular flexibility index (Phi) is 23.4. The Labute approximate surface area is 542 Å². The molecule has 16 nitrogen and oxygen atoms in total. The van der Waals surface area contributed by atoms with Crippen molar-refractivity contribution in [1.82, 2.24) is 5.32 Å². The highest BCUT2D eigenvalue weighted by Crippen LogP contribution is 2.52. The molecule has 2 aromatic carbocycles. The summed E-state index contributed by atoms with van der Waals surface area (Å²) in [4.78, 5) is 27.3. The van der Waals surface area contributed by atoms with Crippen LogP contribution in [-0.2, 0) is 65.8 Å². The van der Waals surface area contributed by atoms with E-state index < -0.39 is 82.3 Å². The predicted molar refractivity (Wildman–Crippen MR) is 355 cm³/mol. The monoisotopic (exact) mass is 1290 g/mol. The number of piperidine rings is 1. The molecule has 2 spiro atoms. The Morgan fingerprint density at radius 2 is 1.40 bits per heavy atom. The van der Waals surface area contributed by atoms with Gasteiger partial charge in [-0.2, -0.15) is 0 Å². The molecule has 6 aliphatic rings. The van der Waals surface area contributed by atoms with Gasteiger partial charge in [0.25, 0.3) is 8.32 Å². The van der Waals surface area contributed by atoms with Crippen molar-refractivity contribution in [3.63, 3.8) is 0 Å². The number of rotatable bonds is 22. The SMILES string of the molecule is CO[C@@H](C[C@@H](C)C/C(C)=C/[C@H]1C[C@@H](O[Si](C)(C)C(C)(C)C)CO[C@@]12C[C@@H]([C@@H](C)[C@H](OC(=O)[C@@H]1CCCCN1)/C(C)=C/[C@@H]1CC[C@@H](O[Si](c3ccccc3)(c3ccccc3)C(C)(C)C)[C@H](OC)C1)OC(C)(C)O2)[C@H]1O[C@]2(OC(C)(C)O[C@H]2C(=O)O)[C@H](C)C[C@@H]1OC. The number of carboxylic acids is 1. The molecular weight excluding hydrogens is 1170 g/mol. The van der Waals surface area contributed by atoms with Crippen LogP contribution in [0.15, 0.2) is 84.0 Å². The van der Waals surface area contributed by atoms with Crippen molar-refractivity contribution in [3.05, 3.63) is 84.0 Å². The number of carboxylic acid groups (broad SMARTS) is 1. The van der Waals surface area contributed by atoms with Crippen LogP contribution in [-0.4, -0.2) is 152 Å². The molecule has 8 rings (SSSR count). The molecule has 1 saturated carbocycles. The van der Waals surface area contributed by atoms with Crippen LogP contribution in [0.4, 0.5) is 0 Å². The van der Waals surface area contributed by atoms with Gasteiger partial charge in [-0.05, 0) is 157 Å². The fraction of sp³-hybridized carbons (Fsp3) is 0.750. The summed E-state index contributed by atoms with van der Waals surface area (Å²) in [6, 6.07) is 21.3. The number of carbonyl (C=O) groups excluding carboxylic acids is 1. The largest absolute Gasteiger partial charge is 0.479 e. The number of carbonyl (C=O) groups is 2. The number of hydrogen-bond donors (Lipinski definition) is 2. The lowest BCUT2D eigenvalue weighted by Gasteiger charge is -2.55. The minimum atomic E-state index is -2.88. The lowest BCUT2D eigenvalue weighted by Crippen LogP contribution is -2.68. The second kappa shape index (κ2) is 29.0. The van der Waals surface area contributed by atoms with Crippen molar-refractivity contribution < 1.29 is 70.9 Å². The van der Waals surface area contributed by atoms with Gasteiger partial charge in [-0.15, -0.1) is 0 Å². The Hall–Kier alpha value is -3.19.